The van der Waals surface area contributed by atoms with Gasteiger partial charge in [-0.1, -0.05) is 5.16 Å². The van der Waals surface area contributed by atoms with Gasteiger partial charge in [0.15, 0.2) is 0 Å². The van der Waals surface area contributed by atoms with Crippen LogP contribution in [0.5, 0.6) is 11.5 Å². The second kappa shape index (κ2) is 5.55. The lowest BCUT2D eigenvalue weighted by molar-refractivity contribution is 0.277. The average molecular weight is 249 g/mol. The lowest BCUT2D eigenvalue weighted by atomic mass is 10.1. The standard InChI is InChI=1S/C13H15NO4/c1-16-9-3-4-13(17-2)11(7-9)12-8-10(5-6-15)18-14-12/h3-4,7-8,15H,5-6H2,1-2H3. The van der Waals surface area contributed by atoms with E-state index in [2.05, 4.69) is 5.16 Å². The zero-order valence-electron chi connectivity index (χ0n) is 10.3. The summed E-state index contributed by atoms with van der Waals surface area (Å²) >= 11 is 0. The second-order valence-electron chi connectivity index (χ2n) is 3.72. The van der Waals surface area contributed by atoms with Gasteiger partial charge in [0.25, 0.3) is 0 Å². The molecule has 0 aliphatic carbocycles. The Labute approximate surface area is 105 Å². The molecular formula is C13H15NO4. The molecule has 0 amide bonds. The number of hydrogen-bond acceptors (Lipinski definition) is 5. The number of aliphatic hydroxyl groups excluding tert-OH is 1. The van der Waals surface area contributed by atoms with E-state index >= 15 is 0 Å². The molecule has 0 saturated heterocycles. The van der Waals surface area contributed by atoms with E-state index in [9.17, 15) is 0 Å². The molecule has 0 unspecified atom stereocenters. The lowest BCUT2D eigenvalue weighted by Gasteiger charge is -2.07. The molecule has 0 aliphatic rings. The van der Waals surface area contributed by atoms with Crippen molar-refractivity contribution in [2.45, 2.75) is 6.42 Å². The summed E-state index contributed by atoms with van der Waals surface area (Å²) in [5.74, 6) is 2.05. The Morgan fingerprint density at radius 3 is 2.72 bits per heavy atom. The van der Waals surface area contributed by atoms with Gasteiger partial charge in [0, 0.05) is 18.1 Å². The first-order valence-electron chi connectivity index (χ1n) is 5.57. The normalized spacial score (nSPS) is 10.4. The van der Waals surface area contributed by atoms with Gasteiger partial charge in [-0.15, -0.1) is 0 Å². The van der Waals surface area contributed by atoms with Crippen molar-refractivity contribution in [1.29, 1.82) is 0 Å². The minimum atomic E-state index is 0.0316. The molecule has 2 rings (SSSR count). The highest BCUT2D eigenvalue weighted by Crippen LogP contribution is 2.32. The minimum Gasteiger partial charge on any atom is -0.497 e. The summed E-state index contributed by atoms with van der Waals surface area (Å²) in [5, 5.41) is 12.8. The minimum absolute atomic E-state index is 0.0316. The third kappa shape index (κ3) is 2.46. The van der Waals surface area contributed by atoms with Crippen LogP contribution in [0.15, 0.2) is 28.8 Å². The molecule has 96 valence electrons. The quantitative estimate of drug-likeness (QED) is 0.876. The molecular weight excluding hydrogens is 234 g/mol. The summed E-state index contributed by atoms with van der Waals surface area (Å²) in [6.45, 7) is 0.0316. The number of aromatic nitrogens is 1. The van der Waals surface area contributed by atoms with Gasteiger partial charge in [0.1, 0.15) is 23.0 Å². The fraction of sp³-hybridized carbons (Fsp3) is 0.308. The number of hydrogen-bond donors (Lipinski definition) is 1. The van der Waals surface area contributed by atoms with Crippen LogP contribution >= 0.6 is 0 Å². The van der Waals surface area contributed by atoms with E-state index < -0.39 is 0 Å². The summed E-state index contributed by atoms with van der Waals surface area (Å²) in [7, 11) is 3.20. The maximum atomic E-state index is 8.85. The Hall–Kier alpha value is -2.01. The van der Waals surface area contributed by atoms with Crippen LogP contribution in [0.2, 0.25) is 0 Å². The zero-order valence-corrected chi connectivity index (χ0v) is 10.3. The third-order valence-electron chi connectivity index (χ3n) is 2.60. The van der Waals surface area contributed by atoms with Crippen molar-refractivity contribution < 1.29 is 19.1 Å². The zero-order chi connectivity index (χ0) is 13.0. The molecule has 0 atom stereocenters. The van der Waals surface area contributed by atoms with Crippen LogP contribution in [0, 0.1) is 0 Å². The summed E-state index contributed by atoms with van der Waals surface area (Å²) in [5.41, 5.74) is 1.46. The smallest absolute Gasteiger partial charge is 0.139 e. The summed E-state index contributed by atoms with van der Waals surface area (Å²) in [4.78, 5) is 0. The highest BCUT2D eigenvalue weighted by Gasteiger charge is 2.12. The molecule has 5 nitrogen and oxygen atoms in total. The Kier molecular flexibility index (Phi) is 3.84. The van der Waals surface area contributed by atoms with Gasteiger partial charge >= 0.3 is 0 Å². The Bertz CT molecular complexity index is 521. The number of rotatable bonds is 5. The van der Waals surface area contributed by atoms with Crippen molar-refractivity contribution in [2.24, 2.45) is 0 Å². The molecule has 1 heterocycles. The number of ether oxygens (including phenoxy) is 2. The van der Waals surface area contributed by atoms with Crippen LogP contribution in [0.3, 0.4) is 0 Å². The molecule has 18 heavy (non-hydrogen) atoms. The van der Waals surface area contributed by atoms with Crippen molar-refractivity contribution >= 4 is 0 Å². The molecule has 2 aromatic rings. The van der Waals surface area contributed by atoms with Crippen LogP contribution in [0.1, 0.15) is 5.76 Å². The van der Waals surface area contributed by atoms with Gasteiger partial charge in [-0.25, -0.2) is 0 Å². The van der Waals surface area contributed by atoms with E-state index in [1.165, 1.54) is 0 Å². The monoisotopic (exact) mass is 249 g/mol. The molecule has 5 heteroatoms. The van der Waals surface area contributed by atoms with Crippen molar-refractivity contribution in [3.63, 3.8) is 0 Å². The third-order valence-corrected chi connectivity index (χ3v) is 2.60. The van der Waals surface area contributed by atoms with E-state index in [-0.39, 0.29) is 6.61 Å². The van der Waals surface area contributed by atoms with E-state index in [4.69, 9.17) is 19.1 Å². The predicted molar refractivity (Wildman–Crippen MR) is 65.8 cm³/mol. The molecule has 0 radical (unpaired) electrons. The van der Waals surface area contributed by atoms with E-state index in [1.54, 1.807) is 20.3 Å². The topological polar surface area (TPSA) is 64.7 Å². The van der Waals surface area contributed by atoms with Gasteiger partial charge in [0.05, 0.1) is 20.8 Å². The summed E-state index contributed by atoms with van der Waals surface area (Å²) in [6, 6.07) is 7.25. The van der Waals surface area contributed by atoms with E-state index in [1.807, 2.05) is 18.2 Å². The first-order valence-corrected chi connectivity index (χ1v) is 5.57. The van der Waals surface area contributed by atoms with Gasteiger partial charge in [-0.3, -0.25) is 0 Å². The Morgan fingerprint density at radius 2 is 2.06 bits per heavy atom. The molecule has 0 bridgehead atoms. The largest absolute Gasteiger partial charge is 0.497 e. The summed E-state index contributed by atoms with van der Waals surface area (Å²) in [6.07, 6.45) is 0.444. The number of nitrogens with zero attached hydrogens (tertiary/aromatic N) is 1. The van der Waals surface area contributed by atoms with Crippen molar-refractivity contribution in [3.05, 3.63) is 30.0 Å². The molecule has 0 spiro atoms. The first kappa shape index (κ1) is 12.4. The summed E-state index contributed by atoms with van der Waals surface area (Å²) < 4.78 is 15.6. The molecule has 0 fully saturated rings. The van der Waals surface area contributed by atoms with Crippen LogP contribution in [0.4, 0.5) is 0 Å². The molecule has 1 N–H and O–H groups in total. The molecule has 1 aromatic heterocycles. The van der Waals surface area contributed by atoms with Crippen molar-refractivity contribution in [2.75, 3.05) is 20.8 Å². The van der Waals surface area contributed by atoms with Gasteiger partial charge in [-0.2, -0.15) is 0 Å². The SMILES string of the molecule is COc1ccc(OC)c(-c2cc(CCO)on2)c1. The van der Waals surface area contributed by atoms with Gasteiger partial charge < -0.3 is 19.1 Å². The van der Waals surface area contributed by atoms with E-state index in [0.717, 1.165) is 11.3 Å². The van der Waals surface area contributed by atoms with Crippen LogP contribution in [-0.4, -0.2) is 31.1 Å². The highest BCUT2D eigenvalue weighted by molar-refractivity contribution is 5.68. The maximum Gasteiger partial charge on any atom is 0.139 e. The maximum absolute atomic E-state index is 8.85. The second-order valence-corrected chi connectivity index (χ2v) is 3.72. The van der Waals surface area contributed by atoms with Crippen LogP contribution < -0.4 is 9.47 Å². The fourth-order valence-electron chi connectivity index (χ4n) is 1.68. The Balaban J connectivity index is 2.40. The Morgan fingerprint density at radius 1 is 1.22 bits per heavy atom. The van der Waals surface area contributed by atoms with Crippen molar-refractivity contribution in [1.82, 2.24) is 5.16 Å². The highest BCUT2D eigenvalue weighted by atomic mass is 16.5. The number of aliphatic hydroxyl groups is 1. The lowest BCUT2D eigenvalue weighted by Crippen LogP contribution is -1.90. The van der Waals surface area contributed by atoms with E-state index in [0.29, 0.717) is 23.6 Å². The number of methoxy groups -OCH3 is 2. The fourth-order valence-corrected chi connectivity index (χ4v) is 1.68. The van der Waals surface area contributed by atoms with Gasteiger partial charge in [0.2, 0.25) is 0 Å². The average Bonchev–Trinajstić information content (AvgIpc) is 2.87. The van der Waals surface area contributed by atoms with Crippen LogP contribution in [-0.2, 0) is 6.42 Å². The van der Waals surface area contributed by atoms with Crippen molar-refractivity contribution in [3.8, 4) is 22.8 Å². The molecule has 0 aliphatic heterocycles. The number of benzene rings is 1. The molecule has 0 saturated carbocycles. The van der Waals surface area contributed by atoms with Crippen LogP contribution in [0.25, 0.3) is 11.3 Å². The first-order chi connectivity index (χ1) is 8.78. The molecule has 1 aromatic carbocycles. The predicted octanol–water partition coefficient (Wildman–Crippen LogP) is 1.89. The van der Waals surface area contributed by atoms with Gasteiger partial charge in [-0.05, 0) is 18.2 Å².